The van der Waals surface area contributed by atoms with Crippen molar-refractivity contribution in [3.63, 3.8) is 0 Å². The van der Waals surface area contributed by atoms with Gasteiger partial charge in [0.25, 0.3) is 0 Å². The van der Waals surface area contributed by atoms with Gasteiger partial charge in [0.05, 0.1) is 10.5 Å². The van der Waals surface area contributed by atoms with E-state index in [4.69, 9.17) is 21.8 Å². The molecule has 1 amide bonds. The van der Waals surface area contributed by atoms with Crippen LogP contribution in [-0.2, 0) is 10.0 Å². The zero-order valence-corrected chi connectivity index (χ0v) is 19.8. The van der Waals surface area contributed by atoms with E-state index in [0.717, 1.165) is 30.5 Å². The number of H-pyrrole nitrogens is 1. The Morgan fingerprint density at radius 2 is 2.03 bits per heavy atom. The molecule has 0 bridgehead atoms. The first-order chi connectivity index (χ1) is 16.0. The molecule has 1 aliphatic rings. The maximum absolute atomic E-state index is 15.0. The number of hydrogen-bond acceptors (Lipinski definition) is 6. The van der Waals surface area contributed by atoms with E-state index in [9.17, 15) is 18.0 Å². The monoisotopic (exact) mass is 508 g/mol. The number of hydrogen-bond donors (Lipinski definition) is 3. The predicted octanol–water partition coefficient (Wildman–Crippen LogP) is 3.26. The topological polar surface area (TPSA) is 148 Å². The van der Waals surface area contributed by atoms with Gasteiger partial charge in [-0.05, 0) is 66.6 Å². The lowest BCUT2D eigenvalue weighted by Gasteiger charge is -2.25. The SMILES string of the molecule is Cc1c(C2CC2)ccc(F)c1C(C)C(NS(=O)(=O)c1ccc(Cl)cc1C(N)=O)c1n[nH]c(=O)o1. The van der Waals surface area contributed by atoms with Gasteiger partial charge in [-0.25, -0.2) is 22.7 Å². The molecule has 34 heavy (non-hydrogen) atoms. The summed E-state index contributed by atoms with van der Waals surface area (Å²) in [5.74, 6) is -3.23. The number of benzene rings is 2. The highest BCUT2D eigenvalue weighted by Gasteiger charge is 2.36. The maximum atomic E-state index is 15.0. The van der Waals surface area contributed by atoms with Crippen LogP contribution in [0.4, 0.5) is 4.39 Å². The molecule has 0 radical (unpaired) electrons. The van der Waals surface area contributed by atoms with Crippen molar-refractivity contribution in [1.82, 2.24) is 14.9 Å². The molecule has 3 aromatic rings. The third-order valence-corrected chi connectivity index (χ3v) is 7.71. The number of aromatic nitrogens is 2. The summed E-state index contributed by atoms with van der Waals surface area (Å²) in [6.45, 7) is 3.38. The van der Waals surface area contributed by atoms with Crippen molar-refractivity contribution in [1.29, 1.82) is 0 Å². The summed E-state index contributed by atoms with van der Waals surface area (Å²) in [6.07, 6.45) is 1.99. The Labute approximate surface area is 199 Å². The largest absolute Gasteiger partial charge is 0.434 e. The summed E-state index contributed by atoms with van der Waals surface area (Å²) < 4.78 is 49.2. The Morgan fingerprint density at radius 1 is 1.32 bits per heavy atom. The molecule has 1 fully saturated rings. The third-order valence-electron chi connectivity index (χ3n) is 5.98. The second kappa shape index (κ2) is 8.97. The van der Waals surface area contributed by atoms with Crippen LogP contribution in [0.25, 0.3) is 0 Å². The van der Waals surface area contributed by atoms with E-state index in [1.807, 2.05) is 0 Å². The number of nitrogens with one attached hydrogen (secondary N) is 2. The molecular weight excluding hydrogens is 487 g/mol. The van der Waals surface area contributed by atoms with Crippen LogP contribution >= 0.6 is 11.6 Å². The first-order valence-corrected chi connectivity index (χ1v) is 12.3. The normalized spacial score (nSPS) is 15.8. The van der Waals surface area contributed by atoms with E-state index in [2.05, 4.69) is 14.9 Å². The summed E-state index contributed by atoms with van der Waals surface area (Å²) in [5.41, 5.74) is 6.98. The molecular formula is C22H22ClFN4O5S. The zero-order valence-electron chi connectivity index (χ0n) is 18.3. The van der Waals surface area contributed by atoms with Crippen LogP contribution in [-0.4, -0.2) is 24.5 Å². The highest BCUT2D eigenvalue weighted by atomic mass is 35.5. The fourth-order valence-electron chi connectivity index (χ4n) is 4.18. The molecule has 9 nitrogen and oxygen atoms in total. The predicted molar refractivity (Wildman–Crippen MR) is 122 cm³/mol. The molecule has 2 unspecified atom stereocenters. The lowest BCUT2D eigenvalue weighted by atomic mass is 9.87. The van der Waals surface area contributed by atoms with Crippen LogP contribution in [0.1, 0.15) is 70.6 Å². The molecule has 180 valence electrons. The molecule has 12 heteroatoms. The van der Waals surface area contributed by atoms with Gasteiger partial charge in [-0.1, -0.05) is 24.6 Å². The highest BCUT2D eigenvalue weighted by molar-refractivity contribution is 7.89. The Kier molecular flexibility index (Phi) is 6.36. The summed E-state index contributed by atoms with van der Waals surface area (Å²) in [6, 6.07) is 5.35. The van der Waals surface area contributed by atoms with Gasteiger partial charge >= 0.3 is 5.76 Å². The first-order valence-electron chi connectivity index (χ1n) is 10.5. The zero-order chi connectivity index (χ0) is 24.8. The molecule has 1 heterocycles. The van der Waals surface area contributed by atoms with Crippen molar-refractivity contribution < 1.29 is 22.0 Å². The van der Waals surface area contributed by atoms with Crippen molar-refractivity contribution in [2.24, 2.45) is 5.73 Å². The number of carbonyl (C=O) groups excluding carboxylic acids is 1. The first kappa shape index (κ1) is 24.1. The van der Waals surface area contributed by atoms with E-state index >= 15 is 4.39 Å². The highest BCUT2D eigenvalue weighted by Crippen LogP contribution is 2.44. The van der Waals surface area contributed by atoms with Gasteiger partial charge in [0, 0.05) is 10.9 Å². The minimum atomic E-state index is -4.43. The van der Waals surface area contributed by atoms with Gasteiger partial charge in [-0.2, -0.15) is 4.72 Å². The smallest absolute Gasteiger partial charge is 0.391 e. The number of sulfonamides is 1. The maximum Gasteiger partial charge on any atom is 0.434 e. The Hall–Kier alpha value is -3.02. The van der Waals surface area contributed by atoms with Gasteiger partial charge in [-0.15, -0.1) is 5.10 Å². The average Bonchev–Trinajstić information content (AvgIpc) is 3.51. The van der Waals surface area contributed by atoms with Crippen LogP contribution in [0.15, 0.2) is 44.4 Å². The molecule has 4 N–H and O–H groups in total. The fraction of sp³-hybridized carbons (Fsp3) is 0.318. The second-order valence-corrected chi connectivity index (χ2v) is 10.4. The minimum Gasteiger partial charge on any atom is -0.391 e. The second-order valence-electron chi connectivity index (χ2n) is 8.29. The average molecular weight is 509 g/mol. The Bertz CT molecular complexity index is 1430. The number of amides is 1. The van der Waals surface area contributed by atoms with E-state index in [0.29, 0.717) is 11.5 Å². The number of aromatic amines is 1. The van der Waals surface area contributed by atoms with Crippen molar-refractivity contribution >= 4 is 27.5 Å². The van der Waals surface area contributed by atoms with Gasteiger partial charge in [-0.3, -0.25) is 4.79 Å². The standard InChI is InChI=1S/C22H22ClFN4O5S/c1-10-14(12-3-4-12)6-7-16(24)18(10)11(2)19(21-26-27-22(30)33-21)28-34(31,32)17-8-5-13(23)9-15(17)20(25)29/h5-9,11-12,19,28H,3-4H2,1-2H3,(H2,25,29)(H,27,30). The number of nitrogens with two attached hydrogens (primary N) is 1. The molecule has 0 aliphatic heterocycles. The van der Waals surface area contributed by atoms with Crippen LogP contribution in [0.3, 0.4) is 0 Å². The molecule has 1 saturated carbocycles. The molecule has 0 spiro atoms. The molecule has 0 saturated heterocycles. The third kappa shape index (κ3) is 4.63. The number of nitrogens with zero attached hydrogens (tertiary/aromatic N) is 1. The van der Waals surface area contributed by atoms with Gasteiger partial charge in [0.1, 0.15) is 11.9 Å². The number of rotatable bonds is 8. The summed E-state index contributed by atoms with van der Waals surface area (Å²) in [7, 11) is -4.43. The van der Waals surface area contributed by atoms with Crippen LogP contribution in [0.2, 0.25) is 5.02 Å². The van der Waals surface area contributed by atoms with E-state index in [1.165, 1.54) is 12.1 Å². The Balaban J connectivity index is 1.81. The van der Waals surface area contributed by atoms with Crippen molar-refractivity contribution in [2.45, 2.75) is 49.5 Å². The molecule has 1 aliphatic carbocycles. The quantitative estimate of drug-likeness (QED) is 0.425. The van der Waals surface area contributed by atoms with E-state index in [1.54, 1.807) is 19.9 Å². The van der Waals surface area contributed by atoms with Crippen molar-refractivity contribution in [2.75, 3.05) is 0 Å². The summed E-state index contributed by atoms with van der Waals surface area (Å²) >= 11 is 5.90. The van der Waals surface area contributed by atoms with Crippen LogP contribution in [0.5, 0.6) is 0 Å². The van der Waals surface area contributed by atoms with E-state index < -0.39 is 44.4 Å². The summed E-state index contributed by atoms with van der Waals surface area (Å²) in [5, 5.41) is 5.99. The Morgan fingerprint density at radius 3 is 2.62 bits per heavy atom. The molecule has 2 atom stereocenters. The van der Waals surface area contributed by atoms with Crippen LogP contribution in [0, 0.1) is 12.7 Å². The van der Waals surface area contributed by atoms with Crippen LogP contribution < -0.4 is 16.2 Å². The molecule has 1 aromatic heterocycles. The lowest BCUT2D eigenvalue weighted by molar-refractivity contribution is 0.0997. The molecule has 2 aromatic carbocycles. The van der Waals surface area contributed by atoms with Crippen molar-refractivity contribution in [3.05, 3.63) is 79.9 Å². The fourth-order valence-corrected chi connectivity index (χ4v) is 5.81. The van der Waals surface area contributed by atoms with Gasteiger partial charge < -0.3 is 10.2 Å². The number of carbonyl (C=O) groups is 1. The van der Waals surface area contributed by atoms with Gasteiger partial charge in [0.15, 0.2) is 0 Å². The van der Waals surface area contributed by atoms with Crippen molar-refractivity contribution in [3.8, 4) is 0 Å². The minimum absolute atomic E-state index is 0.116. The number of primary amides is 1. The van der Waals surface area contributed by atoms with Gasteiger partial charge in [0.2, 0.25) is 21.8 Å². The number of halogens is 2. The summed E-state index contributed by atoms with van der Waals surface area (Å²) in [4.78, 5) is 23.1. The van der Waals surface area contributed by atoms with E-state index in [-0.39, 0.29) is 22.0 Å². The molecule has 4 rings (SSSR count). The lowest BCUT2D eigenvalue weighted by Crippen LogP contribution is -2.34.